The van der Waals surface area contributed by atoms with E-state index in [1.54, 1.807) is 0 Å². The van der Waals surface area contributed by atoms with Crippen molar-refractivity contribution in [2.45, 2.75) is 13.1 Å². The van der Waals surface area contributed by atoms with Crippen molar-refractivity contribution < 1.29 is 13.2 Å². The predicted molar refractivity (Wildman–Crippen MR) is 54.8 cm³/mol. The highest BCUT2D eigenvalue weighted by molar-refractivity contribution is 5.11. The van der Waals surface area contributed by atoms with Crippen LogP contribution in [-0.2, 0) is 6.18 Å². The monoisotopic (exact) mass is 228 g/mol. The van der Waals surface area contributed by atoms with Crippen molar-refractivity contribution >= 4 is 0 Å². The highest BCUT2D eigenvalue weighted by atomic mass is 19.4. The summed E-state index contributed by atoms with van der Waals surface area (Å²) in [6, 6.07) is 11.1. The lowest BCUT2D eigenvalue weighted by atomic mass is 10.2. The van der Waals surface area contributed by atoms with E-state index in [1.165, 1.54) is 5.56 Å². The molecule has 0 saturated heterocycles. The Hall–Kier alpha value is -1.78. The first-order valence-corrected chi connectivity index (χ1v) is 4.59. The first-order chi connectivity index (χ1) is 7.50. The van der Waals surface area contributed by atoms with Crippen molar-refractivity contribution in [3.05, 3.63) is 53.9 Å². The number of H-pyrrole nitrogens is 1. The minimum absolute atomic E-state index is 0.875. The van der Waals surface area contributed by atoms with Gasteiger partial charge in [0, 0.05) is 6.20 Å². The van der Waals surface area contributed by atoms with Crippen LogP contribution >= 0.6 is 0 Å². The predicted octanol–water partition coefficient (Wildman–Crippen LogP) is 3.42. The van der Waals surface area contributed by atoms with Crippen LogP contribution < -0.4 is 0 Å². The summed E-state index contributed by atoms with van der Waals surface area (Å²) in [4.78, 5) is 0. The molecule has 5 heteroatoms. The second-order valence-corrected chi connectivity index (χ2v) is 3.11. The van der Waals surface area contributed by atoms with Gasteiger partial charge >= 0.3 is 6.18 Å². The zero-order valence-corrected chi connectivity index (χ0v) is 8.62. The summed E-state index contributed by atoms with van der Waals surface area (Å²) < 4.78 is 34.6. The number of nitrogens with zero attached hydrogens (tertiary/aromatic N) is 1. The number of aryl methyl sites for hydroxylation is 1. The fourth-order valence-electron chi connectivity index (χ4n) is 0.953. The van der Waals surface area contributed by atoms with Crippen LogP contribution in [0.4, 0.5) is 13.2 Å². The molecule has 2 rings (SSSR count). The maximum Gasteiger partial charge on any atom is 0.435 e. The molecule has 0 radical (unpaired) electrons. The van der Waals surface area contributed by atoms with Crippen molar-refractivity contribution in [1.29, 1.82) is 0 Å². The van der Waals surface area contributed by atoms with Gasteiger partial charge < -0.3 is 0 Å². The fourth-order valence-corrected chi connectivity index (χ4v) is 0.953. The smallest absolute Gasteiger partial charge is 0.285 e. The third kappa shape index (κ3) is 4.16. The van der Waals surface area contributed by atoms with Gasteiger partial charge in [0.25, 0.3) is 0 Å². The molecule has 0 aliphatic heterocycles. The Labute approximate surface area is 91.1 Å². The topological polar surface area (TPSA) is 28.7 Å². The van der Waals surface area contributed by atoms with Gasteiger partial charge in [0.15, 0.2) is 5.69 Å². The van der Waals surface area contributed by atoms with Crippen molar-refractivity contribution in [3.8, 4) is 0 Å². The van der Waals surface area contributed by atoms with Crippen molar-refractivity contribution in [2.75, 3.05) is 0 Å². The van der Waals surface area contributed by atoms with Gasteiger partial charge in [-0.15, -0.1) is 0 Å². The first-order valence-electron chi connectivity index (χ1n) is 4.59. The minimum atomic E-state index is -4.32. The van der Waals surface area contributed by atoms with Gasteiger partial charge in [-0.1, -0.05) is 35.9 Å². The van der Waals surface area contributed by atoms with Gasteiger partial charge in [0.2, 0.25) is 0 Å². The molecule has 0 saturated carbocycles. The average Bonchev–Trinajstić information content (AvgIpc) is 2.71. The molecule has 0 spiro atoms. The Balaban J connectivity index is 0.000000165. The summed E-state index contributed by atoms with van der Waals surface area (Å²) in [6.45, 7) is 2.08. The SMILES string of the molecule is Cc1ccccc1.FC(F)(F)c1cc[nH]n1. The third-order valence-corrected chi connectivity index (χ3v) is 1.73. The number of rotatable bonds is 0. The maximum atomic E-state index is 11.5. The lowest BCUT2D eigenvalue weighted by molar-refractivity contribution is -0.141. The third-order valence-electron chi connectivity index (χ3n) is 1.73. The van der Waals surface area contributed by atoms with Gasteiger partial charge in [-0.3, -0.25) is 5.10 Å². The molecule has 0 bridgehead atoms. The van der Waals surface area contributed by atoms with Gasteiger partial charge in [-0.05, 0) is 13.0 Å². The molecule has 0 unspecified atom stereocenters. The highest BCUT2D eigenvalue weighted by Crippen LogP contribution is 2.26. The molecule has 0 aliphatic carbocycles. The minimum Gasteiger partial charge on any atom is -0.285 e. The van der Waals surface area contributed by atoms with Crippen LogP contribution in [0.3, 0.4) is 0 Å². The Kier molecular flexibility index (Phi) is 4.10. The second kappa shape index (κ2) is 5.34. The molecule has 0 atom stereocenters. The molecule has 1 heterocycles. The van der Waals surface area contributed by atoms with E-state index in [1.807, 2.05) is 18.2 Å². The Bertz CT molecular complexity index is 393. The molecule has 86 valence electrons. The lowest BCUT2D eigenvalue weighted by Gasteiger charge is -1.98. The van der Waals surface area contributed by atoms with E-state index in [0.29, 0.717) is 0 Å². The molecule has 1 N–H and O–H groups in total. The number of hydrogen-bond acceptors (Lipinski definition) is 1. The van der Waals surface area contributed by atoms with Gasteiger partial charge in [0.1, 0.15) is 0 Å². The van der Waals surface area contributed by atoms with Gasteiger partial charge in [-0.2, -0.15) is 18.3 Å². The second-order valence-electron chi connectivity index (χ2n) is 3.11. The zero-order valence-electron chi connectivity index (χ0n) is 8.62. The molecule has 2 nitrogen and oxygen atoms in total. The van der Waals surface area contributed by atoms with Crippen molar-refractivity contribution in [3.63, 3.8) is 0 Å². The van der Waals surface area contributed by atoms with Crippen LogP contribution in [0.5, 0.6) is 0 Å². The van der Waals surface area contributed by atoms with Crippen LogP contribution in [0, 0.1) is 6.92 Å². The number of alkyl halides is 3. The molecule has 2 aromatic rings. The van der Waals surface area contributed by atoms with Crippen molar-refractivity contribution in [1.82, 2.24) is 10.2 Å². The van der Waals surface area contributed by atoms with E-state index in [4.69, 9.17) is 0 Å². The molecule has 1 aromatic carbocycles. The molecule has 16 heavy (non-hydrogen) atoms. The van der Waals surface area contributed by atoms with E-state index in [-0.39, 0.29) is 0 Å². The van der Waals surface area contributed by atoms with Crippen LogP contribution in [0.1, 0.15) is 11.3 Å². The van der Waals surface area contributed by atoms with E-state index >= 15 is 0 Å². The zero-order chi connectivity index (χ0) is 12.0. The van der Waals surface area contributed by atoms with Crippen LogP contribution in [-0.4, -0.2) is 10.2 Å². The molecule has 0 aliphatic rings. The largest absolute Gasteiger partial charge is 0.435 e. The Morgan fingerprint density at radius 1 is 1.06 bits per heavy atom. The molecular formula is C11H11F3N2. The number of aromatic amines is 1. The number of halogens is 3. The molecular weight excluding hydrogens is 217 g/mol. The highest BCUT2D eigenvalue weighted by Gasteiger charge is 2.32. The number of aromatic nitrogens is 2. The molecule has 0 amide bonds. The molecule has 1 aromatic heterocycles. The average molecular weight is 228 g/mol. The summed E-state index contributed by atoms with van der Waals surface area (Å²) in [5.74, 6) is 0. The fraction of sp³-hybridized carbons (Fsp3) is 0.182. The lowest BCUT2D eigenvalue weighted by Crippen LogP contribution is -2.04. The molecule has 0 fully saturated rings. The summed E-state index contributed by atoms with van der Waals surface area (Å²) in [5, 5.41) is 5.00. The van der Waals surface area contributed by atoms with Crippen LogP contribution in [0.2, 0.25) is 0 Å². The van der Waals surface area contributed by atoms with Crippen LogP contribution in [0.25, 0.3) is 0 Å². The maximum absolute atomic E-state index is 11.5. The van der Waals surface area contributed by atoms with Crippen molar-refractivity contribution in [2.24, 2.45) is 0 Å². The normalized spacial score (nSPS) is 10.5. The summed E-state index contributed by atoms with van der Waals surface area (Å²) in [6.07, 6.45) is -3.19. The van der Waals surface area contributed by atoms with E-state index in [2.05, 4.69) is 29.3 Å². The van der Waals surface area contributed by atoms with E-state index in [9.17, 15) is 13.2 Å². The quantitative estimate of drug-likeness (QED) is 0.735. The van der Waals surface area contributed by atoms with E-state index in [0.717, 1.165) is 12.3 Å². The van der Waals surface area contributed by atoms with Gasteiger partial charge in [0.05, 0.1) is 0 Å². The Morgan fingerprint density at radius 2 is 1.69 bits per heavy atom. The first kappa shape index (κ1) is 12.3. The summed E-state index contributed by atoms with van der Waals surface area (Å²) >= 11 is 0. The summed E-state index contributed by atoms with van der Waals surface area (Å²) in [7, 11) is 0. The van der Waals surface area contributed by atoms with E-state index < -0.39 is 11.9 Å². The summed E-state index contributed by atoms with van der Waals surface area (Å²) in [5.41, 5.74) is 0.435. The number of nitrogens with one attached hydrogen (secondary N) is 1. The number of benzene rings is 1. The Morgan fingerprint density at radius 3 is 1.94 bits per heavy atom. The number of hydrogen-bond donors (Lipinski definition) is 1. The van der Waals surface area contributed by atoms with Gasteiger partial charge in [-0.25, -0.2) is 0 Å². The van der Waals surface area contributed by atoms with Crippen LogP contribution in [0.15, 0.2) is 42.6 Å². The standard InChI is InChI=1S/C7H8.C4H3F3N2/c1-7-5-3-2-4-6-7;5-4(6,7)3-1-2-8-9-3/h2-6H,1H3;1-2H,(H,8,9).